The van der Waals surface area contributed by atoms with Crippen LogP contribution in [-0.4, -0.2) is 7.11 Å². The zero-order chi connectivity index (χ0) is 8.27. The number of methoxy groups -OCH3 is 1. The van der Waals surface area contributed by atoms with E-state index in [1.165, 1.54) is 12.1 Å². The Kier molecular flexibility index (Phi) is 2.26. The summed E-state index contributed by atoms with van der Waals surface area (Å²) < 4.78 is 17.5. The highest BCUT2D eigenvalue weighted by atomic mass is 19.1. The van der Waals surface area contributed by atoms with Crippen LogP contribution in [0.4, 0.5) is 4.39 Å². The monoisotopic (exact) mass is 152 g/mol. The van der Waals surface area contributed by atoms with Gasteiger partial charge in [-0.25, -0.2) is 4.39 Å². The summed E-state index contributed by atoms with van der Waals surface area (Å²) in [5.74, 6) is 0.363. The van der Waals surface area contributed by atoms with Crippen molar-refractivity contribution < 1.29 is 9.13 Å². The van der Waals surface area contributed by atoms with E-state index in [9.17, 15) is 4.39 Å². The summed E-state index contributed by atoms with van der Waals surface area (Å²) >= 11 is 0. The van der Waals surface area contributed by atoms with Gasteiger partial charge in [0.15, 0.2) is 0 Å². The Hall–Kier alpha value is -1.31. The van der Waals surface area contributed by atoms with Gasteiger partial charge in [0.05, 0.1) is 7.11 Å². The lowest BCUT2D eigenvalue weighted by atomic mass is 10.2. The smallest absolute Gasteiger partial charge is 0.126 e. The minimum atomic E-state index is -0.277. The van der Waals surface area contributed by atoms with Gasteiger partial charge in [-0.1, -0.05) is 12.7 Å². The summed E-state index contributed by atoms with van der Waals surface area (Å²) in [6.07, 6.45) is 1.56. The number of rotatable bonds is 2. The van der Waals surface area contributed by atoms with Crippen LogP contribution >= 0.6 is 0 Å². The molecule has 1 nitrogen and oxygen atoms in total. The molecule has 0 spiro atoms. The van der Waals surface area contributed by atoms with Crippen molar-refractivity contribution in [3.05, 3.63) is 36.2 Å². The van der Waals surface area contributed by atoms with Crippen molar-refractivity contribution in [3.63, 3.8) is 0 Å². The molecule has 0 atom stereocenters. The Morgan fingerprint density at radius 1 is 1.55 bits per heavy atom. The molecule has 0 N–H and O–H groups in total. The van der Waals surface area contributed by atoms with Crippen molar-refractivity contribution in [1.29, 1.82) is 0 Å². The minimum Gasteiger partial charge on any atom is -0.496 e. The highest BCUT2D eigenvalue weighted by Crippen LogP contribution is 2.19. The topological polar surface area (TPSA) is 9.23 Å². The van der Waals surface area contributed by atoms with E-state index in [4.69, 9.17) is 4.74 Å². The normalized spacial score (nSPS) is 9.27. The van der Waals surface area contributed by atoms with E-state index in [1.807, 2.05) is 0 Å². The Morgan fingerprint density at radius 3 is 2.82 bits per heavy atom. The molecule has 11 heavy (non-hydrogen) atoms. The Bertz CT molecular complexity index is 268. The van der Waals surface area contributed by atoms with Crippen molar-refractivity contribution in [2.24, 2.45) is 0 Å². The SMILES string of the molecule is C=Cc1cc(F)ccc1OC. The number of ether oxygens (including phenoxy) is 1. The zero-order valence-electron chi connectivity index (χ0n) is 6.30. The van der Waals surface area contributed by atoms with Crippen LogP contribution < -0.4 is 4.74 Å². The van der Waals surface area contributed by atoms with Crippen LogP contribution in [0.1, 0.15) is 5.56 Å². The summed E-state index contributed by atoms with van der Waals surface area (Å²) in [6.45, 7) is 3.53. The van der Waals surface area contributed by atoms with E-state index in [0.29, 0.717) is 11.3 Å². The van der Waals surface area contributed by atoms with Gasteiger partial charge in [-0.05, 0) is 18.2 Å². The van der Waals surface area contributed by atoms with E-state index in [0.717, 1.165) is 0 Å². The first-order valence-electron chi connectivity index (χ1n) is 3.24. The molecule has 58 valence electrons. The first-order valence-corrected chi connectivity index (χ1v) is 3.24. The van der Waals surface area contributed by atoms with Crippen LogP contribution in [0.15, 0.2) is 24.8 Å². The molecule has 0 aliphatic carbocycles. The van der Waals surface area contributed by atoms with Crippen LogP contribution in [-0.2, 0) is 0 Å². The van der Waals surface area contributed by atoms with Crippen molar-refractivity contribution in [1.82, 2.24) is 0 Å². The number of benzene rings is 1. The molecule has 1 aromatic carbocycles. The van der Waals surface area contributed by atoms with Crippen molar-refractivity contribution in [3.8, 4) is 5.75 Å². The van der Waals surface area contributed by atoms with Gasteiger partial charge in [-0.2, -0.15) is 0 Å². The average Bonchev–Trinajstić information content (AvgIpc) is 2.04. The van der Waals surface area contributed by atoms with Crippen molar-refractivity contribution in [2.45, 2.75) is 0 Å². The van der Waals surface area contributed by atoms with Gasteiger partial charge in [-0.3, -0.25) is 0 Å². The highest BCUT2D eigenvalue weighted by Gasteiger charge is 1.98. The van der Waals surface area contributed by atoms with Crippen molar-refractivity contribution in [2.75, 3.05) is 7.11 Å². The van der Waals surface area contributed by atoms with Crippen LogP contribution in [0.2, 0.25) is 0 Å². The molecule has 1 rings (SSSR count). The first kappa shape index (κ1) is 7.79. The summed E-state index contributed by atoms with van der Waals surface area (Å²) in [5, 5.41) is 0. The van der Waals surface area contributed by atoms with Crippen molar-refractivity contribution >= 4 is 6.08 Å². The molecule has 0 aliphatic rings. The highest BCUT2D eigenvalue weighted by molar-refractivity contribution is 5.55. The second kappa shape index (κ2) is 3.19. The summed E-state index contributed by atoms with van der Waals surface area (Å²) in [7, 11) is 1.54. The molecule has 0 radical (unpaired) electrons. The number of hydrogen-bond donors (Lipinski definition) is 0. The third-order valence-corrected chi connectivity index (χ3v) is 1.41. The molecule has 0 bridgehead atoms. The van der Waals surface area contributed by atoms with Crippen LogP contribution in [0.25, 0.3) is 6.08 Å². The van der Waals surface area contributed by atoms with Gasteiger partial charge >= 0.3 is 0 Å². The van der Waals surface area contributed by atoms with E-state index in [-0.39, 0.29) is 5.82 Å². The number of halogens is 1. The average molecular weight is 152 g/mol. The maximum atomic E-state index is 12.6. The van der Waals surface area contributed by atoms with Crippen LogP contribution in [0.3, 0.4) is 0 Å². The largest absolute Gasteiger partial charge is 0.496 e. The van der Waals surface area contributed by atoms with E-state index < -0.39 is 0 Å². The Labute approximate surface area is 65.1 Å². The molecule has 0 aromatic heterocycles. The third kappa shape index (κ3) is 1.58. The lowest BCUT2D eigenvalue weighted by molar-refractivity contribution is 0.412. The molecule has 0 amide bonds. The lowest BCUT2D eigenvalue weighted by Crippen LogP contribution is -1.87. The zero-order valence-corrected chi connectivity index (χ0v) is 6.30. The van der Waals surface area contributed by atoms with E-state index in [1.54, 1.807) is 19.3 Å². The molecule has 0 aliphatic heterocycles. The van der Waals surface area contributed by atoms with Crippen LogP contribution in [0.5, 0.6) is 5.75 Å². The lowest BCUT2D eigenvalue weighted by Gasteiger charge is -2.02. The molecule has 0 saturated carbocycles. The molecule has 0 saturated heterocycles. The summed E-state index contributed by atoms with van der Waals surface area (Å²) in [6, 6.07) is 4.31. The second-order valence-electron chi connectivity index (χ2n) is 2.09. The standard InChI is InChI=1S/C9H9FO/c1-3-7-6-8(10)4-5-9(7)11-2/h3-6H,1H2,2H3. The van der Waals surface area contributed by atoms with Gasteiger partial charge in [0.1, 0.15) is 11.6 Å². The maximum absolute atomic E-state index is 12.6. The molecule has 1 aromatic rings. The summed E-state index contributed by atoms with van der Waals surface area (Å²) in [5.41, 5.74) is 0.674. The van der Waals surface area contributed by atoms with Gasteiger partial charge in [0.25, 0.3) is 0 Å². The molecule has 0 fully saturated rings. The van der Waals surface area contributed by atoms with E-state index >= 15 is 0 Å². The van der Waals surface area contributed by atoms with Gasteiger partial charge in [-0.15, -0.1) is 0 Å². The number of hydrogen-bond acceptors (Lipinski definition) is 1. The van der Waals surface area contributed by atoms with Gasteiger partial charge < -0.3 is 4.74 Å². The van der Waals surface area contributed by atoms with Crippen LogP contribution in [0, 0.1) is 5.82 Å². The fraction of sp³-hybridized carbons (Fsp3) is 0.111. The third-order valence-electron chi connectivity index (χ3n) is 1.41. The Balaban J connectivity index is 3.16. The fourth-order valence-corrected chi connectivity index (χ4v) is 0.865. The molecule has 0 heterocycles. The summed E-state index contributed by atoms with van der Waals surface area (Å²) in [4.78, 5) is 0. The van der Waals surface area contributed by atoms with Gasteiger partial charge in [0, 0.05) is 5.56 Å². The predicted octanol–water partition coefficient (Wildman–Crippen LogP) is 2.48. The first-order chi connectivity index (χ1) is 5.27. The molecule has 0 unspecified atom stereocenters. The fourth-order valence-electron chi connectivity index (χ4n) is 0.865. The van der Waals surface area contributed by atoms with E-state index in [2.05, 4.69) is 6.58 Å². The Morgan fingerprint density at radius 2 is 2.27 bits per heavy atom. The molecular formula is C9H9FO. The molecule has 2 heteroatoms. The molecular weight excluding hydrogens is 143 g/mol. The van der Waals surface area contributed by atoms with Gasteiger partial charge in [0.2, 0.25) is 0 Å². The predicted molar refractivity (Wildman–Crippen MR) is 43.0 cm³/mol. The minimum absolute atomic E-state index is 0.277. The second-order valence-corrected chi connectivity index (χ2v) is 2.09. The quantitative estimate of drug-likeness (QED) is 0.632. The maximum Gasteiger partial charge on any atom is 0.126 e.